The molecule has 118 valence electrons. The van der Waals surface area contributed by atoms with Crippen LogP contribution in [0.2, 0.25) is 0 Å². The summed E-state index contributed by atoms with van der Waals surface area (Å²) < 4.78 is 5.25. The Morgan fingerprint density at radius 2 is 1.33 bits per heavy atom. The molecule has 0 heterocycles. The minimum Gasteiger partial charge on any atom is -0.380 e. The molecule has 0 aromatic heterocycles. The van der Waals surface area contributed by atoms with E-state index in [0.29, 0.717) is 6.61 Å². The Kier molecular flexibility index (Phi) is 5.36. The van der Waals surface area contributed by atoms with Gasteiger partial charge in [0.05, 0.1) is 17.9 Å². The van der Waals surface area contributed by atoms with E-state index in [9.17, 15) is 0 Å². The second-order valence-electron chi connectivity index (χ2n) is 5.39. The molecular formula is C22H19NO. The van der Waals surface area contributed by atoms with Gasteiger partial charge in [-0.15, -0.1) is 0 Å². The van der Waals surface area contributed by atoms with Crippen molar-refractivity contribution < 1.29 is 4.74 Å². The van der Waals surface area contributed by atoms with Crippen molar-refractivity contribution in [3.05, 3.63) is 102 Å². The summed E-state index contributed by atoms with van der Waals surface area (Å²) in [5.74, 6) is 3.25. The molecule has 0 bridgehead atoms. The zero-order valence-electron chi connectivity index (χ0n) is 13.6. The van der Waals surface area contributed by atoms with Crippen LogP contribution in [0.5, 0.6) is 0 Å². The van der Waals surface area contributed by atoms with E-state index in [1.165, 1.54) is 0 Å². The highest BCUT2D eigenvalue weighted by atomic mass is 16.5. The van der Waals surface area contributed by atoms with Crippen molar-refractivity contribution >= 4 is 17.1 Å². The smallest absolute Gasteiger partial charge is 0.0785 e. The van der Waals surface area contributed by atoms with Crippen molar-refractivity contribution in [3.8, 4) is 0 Å². The second kappa shape index (κ2) is 8.07. The fourth-order valence-corrected chi connectivity index (χ4v) is 2.52. The number of ether oxygens (including phenoxy) is 1. The molecule has 0 amide bonds. The van der Waals surface area contributed by atoms with E-state index in [1.54, 1.807) is 7.11 Å². The molecular weight excluding hydrogens is 294 g/mol. The first-order valence-corrected chi connectivity index (χ1v) is 7.90. The molecule has 0 saturated carbocycles. The van der Waals surface area contributed by atoms with E-state index >= 15 is 0 Å². The second-order valence-corrected chi connectivity index (χ2v) is 5.39. The number of benzene rings is 3. The van der Waals surface area contributed by atoms with Crippen LogP contribution in [0.3, 0.4) is 0 Å². The maximum absolute atomic E-state index is 5.25. The molecule has 0 saturated heterocycles. The molecule has 0 aliphatic heterocycles. The normalized spacial score (nSPS) is 10.0. The van der Waals surface area contributed by atoms with Crippen LogP contribution in [-0.2, 0) is 11.3 Å². The molecule has 2 nitrogen and oxygen atoms in total. The van der Waals surface area contributed by atoms with E-state index < -0.39 is 0 Å². The van der Waals surface area contributed by atoms with Crippen LogP contribution in [0.1, 0.15) is 16.7 Å². The summed E-state index contributed by atoms with van der Waals surface area (Å²) in [7, 11) is 1.69. The van der Waals surface area contributed by atoms with Gasteiger partial charge in [-0.3, -0.25) is 0 Å². The quantitative estimate of drug-likeness (QED) is 0.588. The highest BCUT2D eigenvalue weighted by Gasteiger charge is 2.04. The summed E-state index contributed by atoms with van der Waals surface area (Å²) in [6.07, 6.45) is 0. The number of aliphatic imine (C=N–C) groups is 1. The molecule has 0 aliphatic carbocycles. The minimum atomic E-state index is 0.535. The van der Waals surface area contributed by atoms with Gasteiger partial charge < -0.3 is 4.74 Å². The van der Waals surface area contributed by atoms with Crippen molar-refractivity contribution in [3.63, 3.8) is 0 Å². The summed E-state index contributed by atoms with van der Waals surface area (Å²) in [4.78, 5) is 4.61. The lowest BCUT2D eigenvalue weighted by Gasteiger charge is -2.05. The van der Waals surface area contributed by atoms with E-state index in [-0.39, 0.29) is 0 Å². The Bertz CT molecular complexity index is 806. The van der Waals surface area contributed by atoms with Crippen LogP contribution < -0.4 is 0 Å². The first-order valence-electron chi connectivity index (χ1n) is 7.90. The highest BCUT2D eigenvalue weighted by molar-refractivity contribution is 5.99. The molecule has 0 spiro atoms. The molecule has 0 atom stereocenters. The summed E-state index contributed by atoms with van der Waals surface area (Å²) in [6.45, 7) is 0.535. The zero-order chi connectivity index (χ0) is 16.6. The molecule has 2 heteroatoms. The summed E-state index contributed by atoms with van der Waals surface area (Å²) in [5.41, 5.74) is 5.09. The zero-order valence-corrected chi connectivity index (χ0v) is 13.6. The third-order valence-corrected chi connectivity index (χ3v) is 3.70. The fraction of sp³-hybridized carbons (Fsp3) is 0.0909. The number of nitrogens with zero attached hydrogens (tertiary/aromatic N) is 1. The van der Waals surface area contributed by atoms with Crippen molar-refractivity contribution in [2.24, 2.45) is 4.99 Å². The number of rotatable bonds is 5. The van der Waals surface area contributed by atoms with Crippen LogP contribution in [0.15, 0.2) is 89.9 Å². The van der Waals surface area contributed by atoms with Gasteiger partial charge in [0, 0.05) is 12.7 Å². The molecule has 24 heavy (non-hydrogen) atoms. The number of hydrogen-bond acceptors (Lipinski definition) is 2. The van der Waals surface area contributed by atoms with E-state index in [1.807, 2.05) is 60.7 Å². The molecule has 3 aromatic carbocycles. The van der Waals surface area contributed by atoms with Gasteiger partial charge in [-0.2, -0.15) is 0 Å². The first kappa shape index (κ1) is 15.9. The highest BCUT2D eigenvalue weighted by Crippen LogP contribution is 2.23. The van der Waals surface area contributed by atoms with Crippen molar-refractivity contribution in [1.29, 1.82) is 0 Å². The Hall–Kier alpha value is -2.93. The van der Waals surface area contributed by atoms with Crippen LogP contribution in [0.25, 0.3) is 5.57 Å². The van der Waals surface area contributed by atoms with E-state index in [4.69, 9.17) is 4.74 Å². The van der Waals surface area contributed by atoms with Gasteiger partial charge in [0.2, 0.25) is 0 Å². The molecule has 0 N–H and O–H groups in total. The lowest BCUT2D eigenvalue weighted by Crippen LogP contribution is -1.89. The van der Waals surface area contributed by atoms with Crippen LogP contribution >= 0.6 is 0 Å². The lowest BCUT2D eigenvalue weighted by atomic mass is 9.99. The summed E-state index contributed by atoms with van der Waals surface area (Å²) in [5, 5.41) is 0. The van der Waals surface area contributed by atoms with E-state index in [0.717, 1.165) is 28.0 Å². The fourth-order valence-electron chi connectivity index (χ4n) is 2.52. The van der Waals surface area contributed by atoms with Crippen molar-refractivity contribution in [2.45, 2.75) is 6.61 Å². The molecule has 0 unspecified atom stereocenters. The average Bonchev–Trinajstić information content (AvgIpc) is 2.65. The van der Waals surface area contributed by atoms with Gasteiger partial charge in [0.15, 0.2) is 0 Å². The number of hydrogen-bond donors (Lipinski definition) is 0. The molecule has 3 aromatic rings. The largest absolute Gasteiger partial charge is 0.380 e. The Morgan fingerprint density at radius 1 is 0.792 bits per heavy atom. The van der Waals surface area contributed by atoms with Gasteiger partial charge in [0.1, 0.15) is 0 Å². The van der Waals surface area contributed by atoms with Crippen LogP contribution in [-0.4, -0.2) is 13.0 Å². The molecule has 3 rings (SSSR count). The molecule has 0 radical (unpaired) electrons. The summed E-state index contributed by atoms with van der Waals surface area (Å²) >= 11 is 0. The molecule has 0 fully saturated rings. The maximum Gasteiger partial charge on any atom is 0.0785 e. The first-order chi connectivity index (χ1) is 11.9. The predicted octanol–water partition coefficient (Wildman–Crippen LogP) is 5.27. The number of methoxy groups -OCH3 is 1. The third-order valence-electron chi connectivity index (χ3n) is 3.70. The standard InChI is InChI=1S/C22H19NO/c1-24-17-20-14-8-9-15-22(20)23-16-21(18-10-4-2-5-11-18)19-12-6-3-7-13-19/h2-15H,17H2,1H3. The third kappa shape index (κ3) is 3.88. The van der Waals surface area contributed by atoms with Gasteiger partial charge >= 0.3 is 0 Å². The van der Waals surface area contributed by atoms with Gasteiger partial charge in [-0.05, 0) is 23.1 Å². The average molecular weight is 313 g/mol. The SMILES string of the molecule is COCc1ccccc1N=C=C(c1ccccc1)c1ccccc1. The van der Waals surface area contributed by atoms with Crippen molar-refractivity contribution in [1.82, 2.24) is 0 Å². The van der Waals surface area contributed by atoms with Gasteiger partial charge in [-0.1, -0.05) is 78.9 Å². The monoisotopic (exact) mass is 313 g/mol. The molecule has 0 aliphatic rings. The Labute approximate surface area is 142 Å². The number of para-hydroxylation sites is 1. The Balaban J connectivity index is 2.11. The van der Waals surface area contributed by atoms with Gasteiger partial charge in [-0.25, -0.2) is 4.99 Å². The van der Waals surface area contributed by atoms with Crippen molar-refractivity contribution in [2.75, 3.05) is 7.11 Å². The predicted molar refractivity (Wildman–Crippen MR) is 99.6 cm³/mol. The Morgan fingerprint density at radius 3 is 1.92 bits per heavy atom. The van der Waals surface area contributed by atoms with Crippen LogP contribution in [0, 0.1) is 0 Å². The summed E-state index contributed by atoms with van der Waals surface area (Å²) in [6, 6.07) is 28.4. The lowest BCUT2D eigenvalue weighted by molar-refractivity contribution is 0.185. The van der Waals surface area contributed by atoms with Gasteiger partial charge in [0.25, 0.3) is 0 Å². The topological polar surface area (TPSA) is 21.6 Å². The van der Waals surface area contributed by atoms with E-state index in [2.05, 4.69) is 35.1 Å². The van der Waals surface area contributed by atoms with Crippen LogP contribution in [0.4, 0.5) is 5.69 Å². The maximum atomic E-state index is 5.25. The minimum absolute atomic E-state index is 0.535.